The van der Waals surface area contributed by atoms with Gasteiger partial charge in [-0.1, -0.05) is 64.5 Å². The lowest BCUT2D eigenvalue weighted by Gasteiger charge is -2.10. The Balaban J connectivity index is 1.95. The fourth-order valence-corrected chi connectivity index (χ4v) is 2.86. The van der Waals surface area contributed by atoms with Gasteiger partial charge in [-0.3, -0.25) is 4.79 Å². The van der Waals surface area contributed by atoms with E-state index in [-0.39, 0.29) is 11.6 Å². The number of carbonyl (C=O) groups is 2. The molecule has 0 fully saturated rings. The molecule has 0 radical (unpaired) electrons. The van der Waals surface area contributed by atoms with Crippen molar-refractivity contribution in [3.05, 3.63) is 88.0 Å². The minimum Gasteiger partial charge on any atom is -0.464 e. The normalized spacial score (nSPS) is 11.2. The number of fused-ring (bicyclic) bond motifs is 1. The molecule has 4 nitrogen and oxygen atoms in total. The van der Waals surface area contributed by atoms with E-state index in [0.717, 1.165) is 20.8 Å². The first kappa shape index (κ1) is 17.9. The van der Waals surface area contributed by atoms with Crippen molar-refractivity contribution >= 4 is 44.7 Å². The van der Waals surface area contributed by atoms with E-state index in [0.29, 0.717) is 5.56 Å². The molecule has 0 unspecified atom stereocenters. The van der Waals surface area contributed by atoms with Crippen molar-refractivity contribution in [1.29, 1.82) is 0 Å². The van der Waals surface area contributed by atoms with Crippen LogP contribution in [0.1, 0.15) is 15.9 Å². The van der Waals surface area contributed by atoms with Crippen LogP contribution in [0.2, 0.25) is 0 Å². The predicted molar refractivity (Wildman–Crippen MR) is 106 cm³/mol. The summed E-state index contributed by atoms with van der Waals surface area (Å²) in [6.07, 6.45) is 1.58. The van der Waals surface area contributed by atoms with Crippen LogP contribution in [0.25, 0.3) is 16.8 Å². The van der Waals surface area contributed by atoms with E-state index in [2.05, 4.69) is 21.2 Å². The van der Waals surface area contributed by atoms with Crippen molar-refractivity contribution in [2.45, 2.75) is 0 Å². The summed E-state index contributed by atoms with van der Waals surface area (Å²) in [5.74, 6) is -0.975. The Kier molecular flexibility index (Phi) is 5.49. The summed E-state index contributed by atoms with van der Waals surface area (Å²) in [4.78, 5) is 24.9. The third kappa shape index (κ3) is 4.00. The molecule has 5 heteroatoms. The van der Waals surface area contributed by atoms with Gasteiger partial charge in [-0.2, -0.15) is 0 Å². The fourth-order valence-electron chi connectivity index (χ4n) is 2.59. The van der Waals surface area contributed by atoms with Crippen LogP contribution in [0.15, 0.2) is 76.9 Å². The maximum atomic E-state index is 12.8. The van der Waals surface area contributed by atoms with Crippen LogP contribution in [0.4, 0.5) is 0 Å². The van der Waals surface area contributed by atoms with E-state index in [9.17, 15) is 9.59 Å². The molecule has 1 amide bonds. The van der Waals surface area contributed by atoms with Crippen molar-refractivity contribution < 1.29 is 14.3 Å². The number of amides is 1. The molecule has 0 aliphatic carbocycles. The van der Waals surface area contributed by atoms with Crippen LogP contribution < -0.4 is 5.32 Å². The molecule has 3 aromatic rings. The standard InChI is InChI=1S/C21H16BrNO3/c1-26-21(25)19(13-14-9-11-16(22)12-10-14)23-20(24)18-8-4-6-15-5-2-3-7-17(15)18/h2-13H,1H3,(H,23,24). The van der Waals surface area contributed by atoms with Gasteiger partial charge in [0.05, 0.1) is 7.11 Å². The first-order valence-corrected chi connectivity index (χ1v) is 8.72. The number of hydrogen-bond donors (Lipinski definition) is 1. The summed E-state index contributed by atoms with van der Waals surface area (Å²) in [7, 11) is 1.28. The molecule has 3 rings (SSSR count). The van der Waals surface area contributed by atoms with Crippen molar-refractivity contribution in [3.8, 4) is 0 Å². The number of nitrogens with one attached hydrogen (secondary N) is 1. The quantitative estimate of drug-likeness (QED) is 0.507. The zero-order valence-corrected chi connectivity index (χ0v) is 15.6. The van der Waals surface area contributed by atoms with Gasteiger partial charge in [0.1, 0.15) is 5.70 Å². The third-order valence-electron chi connectivity index (χ3n) is 3.87. The highest BCUT2D eigenvalue weighted by molar-refractivity contribution is 9.10. The number of esters is 1. The second-order valence-corrected chi connectivity index (χ2v) is 6.50. The monoisotopic (exact) mass is 409 g/mol. The lowest BCUT2D eigenvalue weighted by atomic mass is 10.0. The molecular weight excluding hydrogens is 394 g/mol. The maximum absolute atomic E-state index is 12.8. The van der Waals surface area contributed by atoms with E-state index in [1.54, 1.807) is 12.1 Å². The van der Waals surface area contributed by atoms with Crippen LogP contribution in [-0.2, 0) is 9.53 Å². The second kappa shape index (κ2) is 7.97. The Hall–Kier alpha value is -2.92. The highest BCUT2D eigenvalue weighted by Crippen LogP contribution is 2.19. The van der Waals surface area contributed by atoms with E-state index in [1.165, 1.54) is 7.11 Å². The molecule has 0 atom stereocenters. The van der Waals surface area contributed by atoms with E-state index in [4.69, 9.17) is 4.74 Å². The van der Waals surface area contributed by atoms with Gasteiger partial charge >= 0.3 is 5.97 Å². The van der Waals surface area contributed by atoms with Crippen LogP contribution in [0.5, 0.6) is 0 Å². The number of halogens is 1. The molecular formula is C21H16BrNO3. The van der Waals surface area contributed by atoms with Crippen molar-refractivity contribution in [2.75, 3.05) is 7.11 Å². The number of rotatable bonds is 4. The van der Waals surface area contributed by atoms with Crippen LogP contribution in [0, 0.1) is 0 Å². The molecule has 130 valence electrons. The summed E-state index contributed by atoms with van der Waals surface area (Å²) in [6, 6.07) is 20.4. The smallest absolute Gasteiger partial charge is 0.354 e. The molecule has 3 aromatic carbocycles. The second-order valence-electron chi connectivity index (χ2n) is 5.58. The van der Waals surface area contributed by atoms with Crippen LogP contribution in [0.3, 0.4) is 0 Å². The topological polar surface area (TPSA) is 55.4 Å². The largest absolute Gasteiger partial charge is 0.464 e. The molecule has 26 heavy (non-hydrogen) atoms. The zero-order chi connectivity index (χ0) is 18.5. The molecule has 0 spiro atoms. The van der Waals surface area contributed by atoms with Gasteiger partial charge in [0.25, 0.3) is 5.91 Å². The number of ether oxygens (including phenoxy) is 1. The minimum atomic E-state index is -0.610. The van der Waals surface area contributed by atoms with Gasteiger partial charge in [0.15, 0.2) is 0 Å². The molecule has 0 aliphatic rings. The van der Waals surface area contributed by atoms with Gasteiger partial charge in [0.2, 0.25) is 0 Å². The first-order chi connectivity index (χ1) is 12.6. The van der Waals surface area contributed by atoms with E-state index < -0.39 is 5.97 Å². The highest BCUT2D eigenvalue weighted by Gasteiger charge is 2.16. The predicted octanol–water partition coefficient (Wildman–Crippen LogP) is 4.55. The molecule has 0 aliphatic heterocycles. The van der Waals surface area contributed by atoms with Crippen molar-refractivity contribution in [2.24, 2.45) is 0 Å². The van der Waals surface area contributed by atoms with Gasteiger partial charge in [0, 0.05) is 10.0 Å². The average molecular weight is 410 g/mol. The lowest BCUT2D eigenvalue weighted by Crippen LogP contribution is -2.28. The maximum Gasteiger partial charge on any atom is 0.354 e. The number of benzene rings is 3. The first-order valence-electron chi connectivity index (χ1n) is 7.93. The van der Waals surface area contributed by atoms with Gasteiger partial charge in [-0.25, -0.2) is 4.79 Å². The van der Waals surface area contributed by atoms with Crippen molar-refractivity contribution in [3.63, 3.8) is 0 Å². The van der Waals surface area contributed by atoms with Crippen molar-refractivity contribution in [1.82, 2.24) is 5.32 Å². The summed E-state index contributed by atoms with van der Waals surface area (Å²) in [5, 5.41) is 4.45. The summed E-state index contributed by atoms with van der Waals surface area (Å²) < 4.78 is 5.73. The number of hydrogen-bond acceptors (Lipinski definition) is 3. The van der Waals surface area contributed by atoms with E-state index >= 15 is 0 Å². The van der Waals surface area contributed by atoms with Gasteiger partial charge < -0.3 is 10.1 Å². The number of carbonyl (C=O) groups excluding carboxylic acids is 2. The zero-order valence-electron chi connectivity index (χ0n) is 14.0. The molecule has 0 bridgehead atoms. The SMILES string of the molecule is COC(=O)C(=Cc1ccc(Br)cc1)NC(=O)c1cccc2ccccc12. The van der Waals surface area contributed by atoms with Gasteiger partial charge in [-0.15, -0.1) is 0 Å². The van der Waals surface area contributed by atoms with Crippen LogP contribution in [-0.4, -0.2) is 19.0 Å². The summed E-state index contributed by atoms with van der Waals surface area (Å²) in [6.45, 7) is 0. The highest BCUT2D eigenvalue weighted by atomic mass is 79.9. The summed E-state index contributed by atoms with van der Waals surface area (Å²) >= 11 is 3.37. The van der Waals surface area contributed by atoms with Crippen LogP contribution >= 0.6 is 15.9 Å². The van der Waals surface area contributed by atoms with Gasteiger partial charge in [-0.05, 0) is 40.6 Å². The fraction of sp³-hybridized carbons (Fsp3) is 0.0476. The minimum absolute atomic E-state index is 0.0766. The average Bonchev–Trinajstić information content (AvgIpc) is 2.68. The molecule has 0 heterocycles. The molecule has 1 N–H and O–H groups in total. The molecule has 0 saturated heterocycles. The molecule has 0 saturated carbocycles. The Labute approximate surface area is 159 Å². The Morgan fingerprint density at radius 2 is 1.65 bits per heavy atom. The Morgan fingerprint density at radius 3 is 2.38 bits per heavy atom. The van der Waals surface area contributed by atoms with E-state index in [1.807, 2.05) is 60.7 Å². The summed E-state index contributed by atoms with van der Waals surface area (Å²) in [5.41, 5.74) is 1.34. The lowest BCUT2D eigenvalue weighted by molar-refractivity contribution is -0.136. The Bertz CT molecular complexity index is 988. The third-order valence-corrected chi connectivity index (χ3v) is 4.40. The molecule has 0 aromatic heterocycles. The number of methoxy groups -OCH3 is 1. The Morgan fingerprint density at radius 1 is 0.962 bits per heavy atom.